The first-order valence-corrected chi connectivity index (χ1v) is 10.4. The largest absolute Gasteiger partial charge is 0.478 e. The zero-order valence-corrected chi connectivity index (χ0v) is 18.5. The molecule has 1 N–H and O–H groups in total. The van der Waals surface area contributed by atoms with Crippen molar-refractivity contribution in [2.45, 2.75) is 13.8 Å². The Hall–Kier alpha value is -3.93. The molecule has 0 radical (unpaired) electrons. The summed E-state index contributed by atoms with van der Waals surface area (Å²) in [4.78, 5) is 30.5. The van der Waals surface area contributed by atoms with E-state index in [2.05, 4.69) is 4.99 Å². The van der Waals surface area contributed by atoms with E-state index in [0.717, 1.165) is 27.6 Å². The number of rotatable bonds is 5. The van der Waals surface area contributed by atoms with Crippen molar-refractivity contribution in [3.63, 3.8) is 0 Å². The van der Waals surface area contributed by atoms with Crippen molar-refractivity contribution in [3.8, 4) is 22.5 Å². The van der Waals surface area contributed by atoms with Gasteiger partial charge in [-0.1, -0.05) is 12.1 Å². The minimum atomic E-state index is -1.09. The SMILES string of the molecule is CCN=c1ccc2c(-c3ccc(C(C)=O)cc3C(=O)O)c3ccc(N(C)C)cc3oc-2c1. The number of carbonyl (C=O) groups is 2. The first-order chi connectivity index (χ1) is 15.3. The Morgan fingerprint density at radius 3 is 2.41 bits per heavy atom. The van der Waals surface area contributed by atoms with E-state index >= 15 is 0 Å². The minimum absolute atomic E-state index is 0.0745. The summed E-state index contributed by atoms with van der Waals surface area (Å²) in [7, 11) is 3.90. The Bertz CT molecular complexity index is 1400. The molecular formula is C26H24N2O4. The van der Waals surface area contributed by atoms with Crippen LogP contribution in [0.4, 0.5) is 5.69 Å². The summed E-state index contributed by atoms with van der Waals surface area (Å²) in [5.74, 6) is -0.656. The number of hydrogen-bond acceptors (Lipinski definition) is 5. The molecule has 0 amide bonds. The predicted molar refractivity (Wildman–Crippen MR) is 126 cm³/mol. The van der Waals surface area contributed by atoms with Crippen molar-refractivity contribution in [1.29, 1.82) is 0 Å². The standard InChI is InChI=1S/C26H24N2O4/c1-5-27-17-7-10-20-23(13-17)32-24-14-18(28(3)4)8-11-21(24)25(20)19-9-6-16(15(2)29)12-22(19)26(30)31/h6-14H,5H2,1-4H3,(H,30,31). The van der Waals surface area contributed by atoms with Gasteiger partial charge in [-0.25, -0.2) is 4.79 Å². The van der Waals surface area contributed by atoms with Gasteiger partial charge < -0.3 is 14.4 Å². The lowest BCUT2D eigenvalue weighted by atomic mass is 9.89. The summed E-state index contributed by atoms with van der Waals surface area (Å²) in [6.07, 6.45) is 0. The second-order valence-corrected chi connectivity index (χ2v) is 7.83. The normalized spacial score (nSPS) is 11.8. The van der Waals surface area contributed by atoms with E-state index in [1.165, 1.54) is 13.0 Å². The third-order valence-electron chi connectivity index (χ3n) is 5.47. The van der Waals surface area contributed by atoms with Crippen molar-refractivity contribution < 1.29 is 19.1 Å². The number of aromatic carboxylic acids is 1. The molecule has 2 aliphatic rings. The van der Waals surface area contributed by atoms with Crippen LogP contribution in [0.15, 0.2) is 64.0 Å². The highest BCUT2D eigenvalue weighted by Gasteiger charge is 2.22. The Morgan fingerprint density at radius 2 is 1.75 bits per heavy atom. The van der Waals surface area contributed by atoms with Gasteiger partial charge in [-0.05, 0) is 49.7 Å². The quantitative estimate of drug-likeness (QED) is 0.354. The number of fused-ring (bicyclic) bond motifs is 2. The predicted octanol–water partition coefficient (Wildman–Crippen LogP) is 5.09. The lowest BCUT2D eigenvalue weighted by molar-refractivity contribution is 0.0697. The van der Waals surface area contributed by atoms with Crippen molar-refractivity contribution in [1.82, 2.24) is 0 Å². The van der Waals surface area contributed by atoms with Crippen molar-refractivity contribution in [3.05, 3.63) is 71.1 Å². The molecule has 0 fully saturated rings. The monoisotopic (exact) mass is 428 g/mol. The molecule has 0 atom stereocenters. The molecule has 2 aromatic rings. The molecular weight excluding hydrogens is 404 g/mol. The fraction of sp³-hybridized carbons (Fsp3) is 0.192. The van der Waals surface area contributed by atoms with Gasteiger partial charge in [-0.3, -0.25) is 9.79 Å². The molecule has 32 heavy (non-hydrogen) atoms. The fourth-order valence-corrected chi connectivity index (χ4v) is 3.87. The van der Waals surface area contributed by atoms with Crippen LogP contribution in [0.25, 0.3) is 33.4 Å². The third kappa shape index (κ3) is 3.75. The Labute approximate surface area is 185 Å². The van der Waals surface area contributed by atoms with Crippen LogP contribution in [-0.4, -0.2) is 37.5 Å². The zero-order valence-electron chi connectivity index (χ0n) is 18.5. The number of carboxylic acid groups (broad SMARTS) is 1. The second kappa shape index (κ2) is 8.30. The lowest BCUT2D eigenvalue weighted by Gasteiger charge is -2.19. The number of Topliss-reactive ketones (excluding diaryl/α,β-unsaturated/α-hetero) is 1. The van der Waals surface area contributed by atoms with E-state index in [-0.39, 0.29) is 11.3 Å². The first-order valence-electron chi connectivity index (χ1n) is 10.4. The van der Waals surface area contributed by atoms with Crippen LogP contribution in [0.5, 0.6) is 0 Å². The zero-order chi connectivity index (χ0) is 23.0. The summed E-state index contributed by atoms with van der Waals surface area (Å²) >= 11 is 0. The number of ketones is 1. The van der Waals surface area contributed by atoms with Gasteiger partial charge in [0.05, 0.1) is 10.9 Å². The molecule has 0 bridgehead atoms. The Balaban J connectivity index is 2.14. The van der Waals surface area contributed by atoms with Gasteiger partial charge in [0.25, 0.3) is 0 Å². The first kappa shape index (κ1) is 21.3. The van der Waals surface area contributed by atoms with Gasteiger partial charge in [0, 0.05) is 60.5 Å². The highest BCUT2D eigenvalue weighted by atomic mass is 16.4. The molecule has 0 saturated heterocycles. The molecule has 4 rings (SSSR count). The van der Waals surface area contributed by atoms with E-state index in [1.54, 1.807) is 12.1 Å². The summed E-state index contributed by atoms with van der Waals surface area (Å²) in [6.45, 7) is 4.03. The van der Waals surface area contributed by atoms with Gasteiger partial charge >= 0.3 is 5.97 Å². The molecule has 0 aromatic heterocycles. The van der Waals surface area contributed by atoms with Crippen LogP contribution in [0.3, 0.4) is 0 Å². The fourth-order valence-electron chi connectivity index (χ4n) is 3.87. The molecule has 6 heteroatoms. The van der Waals surface area contributed by atoms with E-state index in [0.29, 0.717) is 29.0 Å². The maximum absolute atomic E-state index is 12.2. The Morgan fingerprint density at radius 1 is 1.00 bits per heavy atom. The lowest BCUT2D eigenvalue weighted by Crippen LogP contribution is -2.09. The summed E-state index contributed by atoms with van der Waals surface area (Å²) < 4.78 is 6.26. The average molecular weight is 428 g/mol. The van der Waals surface area contributed by atoms with Crippen LogP contribution in [0, 0.1) is 0 Å². The molecule has 2 aromatic carbocycles. The highest BCUT2D eigenvalue weighted by molar-refractivity contribution is 6.09. The Kier molecular flexibility index (Phi) is 5.53. The summed E-state index contributed by atoms with van der Waals surface area (Å²) in [5, 5.41) is 11.5. The molecule has 0 saturated carbocycles. The molecule has 1 aliphatic heterocycles. The summed E-state index contributed by atoms with van der Waals surface area (Å²) in [6, 6.07) is 16.3. The number of hydrogen-bond donors (Lipinski definition) is 1. The minimum Gasteiger partial charge on any atom is -0.478 e. The van der Waals surface area contributed by atoms with E-state index in [9.17, 15) is 14.7 Å². The molecule has 1 aliphatic carbocycles. The average Bonchev–Trinajstić information content (AvgIpc) is 2.76. The molecule has 6 nitrogen and oxygen atoms in total. The molecule has 1 heterocycles. The van der Waals surface area contributed by atoms with Crippen molar-refractivity contribution >= 4 is 28.4 Å². The van der Waals surface area contributed by atoms with Gasteiger partial charge in [0.15, 0.2) is 5.78 Å². The van der Waals surface area contributed by atoms with Crippen LogP contribution < -0.4 is 10.3 Å². The topological polar surface area (TPSA) is 83.1 Å². The van der Waals surface area contributed by atoms with Gasteiger partial charge in [0.2, 0.25) is 0 Å². The van der Waals surface area contributed by atoms with Crippen molar-refractivity contribution in [2.24, 2.45) is 4.99 Å². The van der Waals surface area contributed by atoms with E-state index < -0.39 is 5.97 Å². The molecule has 0 spiro atoms. The molecule has 0 unspecified atom stereocenters. The van der Waals surface area contributed by atoms with Crippen LogP contribution in [0.1, 0.15) is 34.6 Å². The van der Waals surface area contributed by atoms with Crippen LogP contribution >= 0.6 is 0 Å². The number of benzene rings is 3. The van der Waals surface area contributed by atoms with Crippen LogP contribution in [-0.2, 0) is 0 Å². The maximum atomic E-state index is 12.2. The maximum Gasteiger partial charge on any atom is 0.336 e. The smallest absolute Gasteiger partial charge is 0.336 e. The summed E-state index contributed by atoms with van der Waals surface area (Å²) in [5.41, 5.74) is 4.10. The third-order valence-corrected chi connectivity index (χ3v) is 5.47. The van der Waals surface area contributed by atoms with Gasteiger partial charge in [0.1, 0.15) is 11.3 Å². The number of nitrogens with zero attached hydrogens (tertiary/aromatic N) is 2. The van der Waals surface area contributed by atoms with Gasteiger partial charge in [-0.2, -0.15) is 0 Å². The van der Waals surface area contributed by atoms with Crippen LogP contribution in [0.2, 0.25) is 0 Å². The number of anilines is 1. The van der Waals surface area contributed by atoms with E-state index in [1.807, 2.05) is 62.3 Å². The van der Waals surface area contributed by atoms with Gasteiger partial charge in [-0.15, -0.1) is 0 Å². The number of carbonyl (C=O) groups excluding carboxylic acids is 1. The number of carboxylic acids is 1. The molecule has 162 valence electrons. The van der Waals surface area contributed by atoms with Crippen molar-refractivity contribution in [2.75, 3.05) is 25.5 Å². The van der Waals surface area contributed by atoms with E-state index in [4.69, 9.17) is 4.42 Å². The second-order valence-electron chi connectivity index (χ2n) is 7.83. The highest BCUT2D eigenvalue weighted by Crippen LogP contribution is 2.42.